The highest BCUT2D eigenvalue weighted by atomic mass is 35.5. The summed E-state index contributed by atoms with van der Waals surface area (Å²) in [5, 5.41) is 0.838. The van der Waals surface area contributed by atoms with Gasteiger partial charge in [-0.3, -0.25) is 0 Å². The van der Waals surface area contributed by atoms with Crippen molar-refractivity contribution in [3.63, 3.8) is 0 Å². The zero-order valence-corrected chi connectivity index (χ0v) is 9.15. The highest BCUT2D eigenvalue weighted by Crippen LogP contribution is 2.25. The topological polar surface area (TPSA) is 26.0 Å². The number of rotatable bonds is 2. The van der Waals surface area contributed by atoms with Crippen LogP contribution >= 0.6 is 11.6 Å². The molecule has 0 fully saturated rings. The zero-order valence-electron chi connectivity index (χ0n) is 8.39. The molecule has 0 bridgehead atoms. The lowest BCUT2D eigenvalue weighted by Crippen LogP contribution is -2.10. The predicted octanol–water partition coefficient (Wildman–Crippen LogP) is 3.02. The summed E-state index contributed by atoms with van der Waals surface area (Å²) in [7, 11) is 0. The minimum atomic E-state index is 0.413. The van der Waals surface area contributed by atoms with Crippen LogP contribution in [-0.2, 0) is 0 Å². The second kappa shape index (κ2) is 4.12. The van der Waals surface area contributed by atoms with Gasteiger partial charge in [0.05, 0.1) is 0 Å². The molecule has 0 saturated heterocycles. The normalized spacial score (nSPS) is 13.0. The molecular weight excluding hydrogens is 182 g/mol. The van der Waals surface area contributed by atoms with Crippen LogP contribution in [0.3, 0.4) is 0 Å². The molecule has 0 spiro atoms. The first-order chi connectivity index (χ1) is 6.06. The summed E-state index contributed by atoms with van der Waals surface area (Å²) in [5.41, 5.74) is 9.30. The highest BCUT2D eigenvalue weighted by Gasteiger charge is 2.08. The first-order valence-corrected chi connectivity index (χ1v) is 4.90. The third kappa shape index (κ3) is 2.23. The summed E-state index contributed by atoms with van der Waals surface area (Å²) < 4.78 is 0. The molecule has 0 aliphatic heterocycles. The van der Waals surface area contributed by atoms with Crippen molar-refractivity contribution >= 4 is 11.6 Å². The van der Waals surface area contributed by atoms with E-state index in [2.05, 4.69) is 19.9 Å². The summed E-state index contributed by atoms with van der Waals surface area (Å²) >= 11 is 6.00. The fourth-order valence-electron chi connectivity index (χ4n) is 1.46. The monoisotopic (exact) mass is 197 g/mol. The van der Waals surface area contributed by atoms with Gasteiger partial charge < -0.3 is 5.73 Å². The molecule has 0 saturated carbocycles. The molecule has 0 amide bonds. The second-order valence-electron chi connectivity index (χ2n) is 3.59. The summed E-state index contributed by atoms with van der Waals surface area (Å²) in [4.78, 5) is 0. The number of nitrogens with two attached hydrogens (primary N) is 1. The first-order valence-electron chi connectivity index (χ1n) is 4.53. The van der Waals surface area contributed by atoms with E-state index in [1.54, 1.807) is 0 Å². The van der Waals surface area contributed by atoms with Crippen LogP contribution in [0.25, 0.3) is 0 Å². The summed E-state index contributed by atoms with van der Waals surface area (Å²) in [5.74, 6) is 0.413. The molecule has 0 aliphatic carbocycles. The van der Waals surface area contributed by atoms with E-state index in [4.69, 9.17) is 17.3 Å². The molecule has 72 valence electrons. The Morgan fingerprint density at radius 1 is 1.31 bits per heavy atom. The number of aryl methyl sites for hydroxylation is 2. The van der Waals surface area contributed by atoms with E-state index in [1.165, 1.54) is 11.1 Å². The van der Waals surface area contributed by atoms with Gasteiger partial charge in [-0.15, -0.1) is 0 Å². The van der Waals surface area contributed by atoms with Gasteiger partial charge in [0.15, 0.2) is 0 Å². The molecule has 2 heteroatoms. The lowest BCUT2D eigenvalue weighted by molar-refractivity contribution is 0.767. The van der Waals surface area contributed by atoms with Crippen LogP contribution in [0.5, 0.6) is 0 Å². The van der Waals surface area contributed by atoms with E-state index < -0.39 is 0 Å². The number of hydrogen-bond donors (Lipinski definition) is 1. The number of benzene rings is 1. The van der Waals surface area contributed by atoms with Gasteiger partial charge in [0, 0.05) is 5.02 Å². The summed E-state index contributed by atoms with van der Waals surface area (Å²) in [6.45, 7) is 6.92. The molecular formula is C11H16ClN. The van der Waals surface area contributed by atoms with Gasteiger partial charge in [0.25, 0.3) is 0 Å². The molecule has 0 aliphatic rings. The molecule has 13 heavy (non-hydrogen) atoms. The minimum absolute atomic E-state index is 0.413. The maximum absolute atomic E-state index is 6.00. The summed E-state index contributed by atoms with van der Waals surface area (Å²) in [6, 6.07) is 4.15. The molecule has 1 rings (SSSR count). The van der Waals surface area contributed by atoms with Crippen molar-refractivity contribution in [2.45, 2.75) is 26.7 Å². The molecule has 0 radical (unpaired) electrons. The van der Waals surface area contributed by atoms with Gasteiger partial charge in [-0.25, -0.2) is 0 Å². The third-order valence-corrected chi connectivity index (χ3v) is 2.84. The van der Waals surface area contributed by atoms with Crippen LogP contribution in [0.15, 0.2) is 12.1 Å². The Kier molecular flexibility index (Phi) is 3.34. The van der Waals surface area contributed by atoms with Crippen LogP contribution in [0.4, 0.5) is 0 Å². The Morgan fingerprint density at radius 2 is 1.92 bits per heavy atom. The van der Waals surface area contributed by atoms with Crippen molar-refractivity contribution in [2.75, 3.05) is 6.54 Å². The van der Waals surface area contributed by atoms with Gasteiger partial charge >= 0.3 is 0 Å². The Bertz CT molecular complexity index is 307. The smallest absolute Gasteiger partial charge is 0.0438 e. The summed E-state index contributed by atoms with van der Waals surface area (Å²) in [6.07, 6.45) is 0. The predicted molar refractivity (Wildman–Crippen MR) is 58.4 cm³/mol. The Labute approximate surface area is 84.9 Å². The third-order valence-electron chi connectivity index (χ3n) is 2.43. The Hall–Kier alpha value is -0.530. The maximum Gasteiger partial charge on any atom is 0.0438 e. The molecule has 1 nitrogen and oxygen atoms in total. The average Bonchev–Trinajstić information content (AvgIpc) is 2.10. The number of halogens is 1. The van der Waals surface area contributed by atoms with Crippen LogP contribution < -0.4 is 5.73 Å². The fraction of sp³-hybridized carbons (Fsp3) is 0.455. The van der Waals surface area contributed by atoms with E-state index >= 15 is 0 Å². The van der Waals surface area contributed by atoms with E-state index in [-0.39, 0.29) is 0 Å². The Morgan fingerprint density at radius 3 is 2.46 bits per heavy atom. The van der Waals surface area contributed by atoms with E-state index in [0.29, 0.717) is 12.5 Å². The minimum Gasteiger partial charge on any atom is -0.330 e. The standard InChI is InChI=1S/C11H16ClN/c1-7-5-11(12)8(2)4-10(7)9(3)6-13/h4-5,9H,6,13H2,1-3H3. The van der Waals surface area contributed by atoms with Crippen LogP contribution in [0.1, 0.15) is 29.5 Å². The van der Waals surface area contributed by atoms with Crippen molar-refractivity contribution in [2.24, 2.45) is 5.73 Å². The van der Waals surface area contributed by atoms with Crippen LogP contribution in [-0.4, -0.2) is 6.54 Å². The molecule has 0 heterocycles. The van der Waals surface area contributed by atoms with Gasteiger partial charge in [-0.1, -0.05) is 24.6 Å². The van der Waals surface area contributed by atoms with Crippen molar-refractivity contribution in [1.82, 2.24) is 0 Å². The fourth-order valence-corrected chi connectivity index (χ4v) is 1.68. The quantitative estimate of drug-likeness (QED) is 0.775. The zero-order chi connectivity index (χ0) is 10.0. The van der Waals surface area contributed by atoms with Crippen LogP contribution in [0, 0.1) is 13.8 Å². The lowest BCUT2D eigenvalue weighted by atomic mass is 9.95. The van der Waals surface area contributed by atoms with E-state index in [9.17, 15) is 0 Å². The molecule has 1 aromatic rings. The van der Waals surface area contributed by atoms with E-state index in [1.807, 2.05) is 13.0 Å². The largest absolute Gasteiger partial charge is 0.330 e. The van der Waals surface area contributed by atoms with Crippen molar-refractivity contribution < 1.29 is 0 Å². The molecule has 0 aromatic heterocycles. The second-order valence-corrected chi connectivity index (χ2v) is 4.00. The highest BCUT2D eigenvalue weighted by molar-refractivity contribution is 6.31. The van der Waals surface area contributed by atoms with Crippen molar-refractivity contribution in [3.8, 4) is 0 Å². The van der Waals surface area contributed by atoms with Crippen LogP contribution in [0.2, 0.25) is 5.02 Å². The first kappa shape index (κ1) is 10.6. The Balaban J connectivity index is 3.15. The van der Waals surface area contributed by atoms with E-state index in [0.717, 1.165) is 10.6 Å². The lowest BCUT2D eigenvalue weighted by Gasteiger charge is -2.14. The molecule has 1 aromatic carbocycles. The molecule has 2 N–H and O–H groups in total. The van der Waals surface area contributed by atoms with Gasteiger partial charge in [-0.05, 0) is 49.1 Å². The molecule has 1 atom stereocenters. The SMILES string of the molecule is Cc1cc(C(C)CN)c(C)cc1Cl. The van der Waals surface area contributed by atoms with Gasteiger partial charge in [-0.2, -0.15) is 0 Å². The van der Waals surface area contributed by atoms with Crippen molar-refractivity contribution in [1.29, 1.82) is 0 Å². The maximum atomic E-state index is 6.00. The van der Waals surface area contributed by atoms with Crippen molar-refractivity contribution in [3.05, 3.63) is 33.8 Å². The molecule has 1 unspecified atom stereocenters. The van der Waals surface area contributed by atoms with Gasteiger partial charge in [0.1, 0.15) is 0 Å². The van der Waals surface area contributed by atoms with Gasteiger partial charge in [0.2, 0.25) is 0 Å². The number of hydrogen-bond acceptors (Lipinski definition) is 1. The average molecular weight is 198 g/mol.